The van der Waals surface area contributed by atoms with Crippen molar-refractivity contribution in [3.63, 3.8) is 0 Å². The molecule has 4 heterocycles. The van der Waals surface area contributed by atoms with Crippen LogP contribution in [0.3, 0.4) is 0 Å². The van der Waals surface area contributed by atoms with Gasteiger partial charge in [0, 0.05) is 35.5 Å². The van der Waals surface area contributed by atoms with E-state index >= 15 is 0 Å². The molecule has 0 aromatic heterocycles. The van der Waals surface area contributed by atoms with Crippen LogP contribution in [0, 0.1) is 35.5 Å². The first-order chi connectivity index (χ1) is 31.9. The molecule has 9 N–H and O–H groups in total. The summed E-state index contributed by atoms with van der Waals surface area (Å²) in [4.78, 5) is 53.4. The van der Waals surface area contributed by atoms with E-state index in [1.54, 1.807) is 27.7 Å². The van der Waals surface area contributed by atoms with Crippen molar-refractivity contribution in [2.45, 2.75) is 127 Å². The fourth-order valence-corrected chi connectivity index (χ4v) is 9.19. The fraction of sp³-hybridized carbons (Fsp3) is 0.727. The van der Waals surface area contributed by atoms with Crippen molar-refractivity contribution in [1.29, 1.82) is 0 Å². The Labute approximate surface area is 386 Å². The monoisotopic (exact) mass is 960 g/mol. The molecular formula is C44H64O23. The van der Waals surface area contributed by atoms with Gasteiger partial charge in [-0.1, -0.05) is 26.0 Å². The van der Waals surface area contributed by atoms with Crippen molar-refractivity contribution in [2.24, 2.45) is 35.5 Å². The molecule has 0 aromatic rings. The second-order valence-electron chi connectivity index (χ2n) is 17.1. The van der Waals surface area contributed by atoms with Gasteiger partial charge < -0.3 is 93.3 Å². The van der Waals surface area contributed by atoms with Crippen LogP contribution in [0.1, 0.15) is 47.0 Å². The minimum absolute atomic E-state index is 0.0696. The van der Waals surface area contributed by atoms with Crippen molar-refractivity contribution >= 4 is 23.9 Å². The largest absolute Gasteiger partial charge is 0.468 e. The molecule has 5 rings (SSSR count). The molecule has 1 aliphatic carbocycles. The zero-order valence-electron chi connectivity index (χ0n) is 38.0. The molecule has 0 aromatic carbocycles. The van der Waals surface area contributed by atoms with E-state index in [0.29, 0.717) is 0 Å². The van der Waals surface area contributed by atoms with E-state index in [-0.39, 0.29) is 53.8 Å². The highest BCUT2D eigenvalue weighted by atomic mass is 16.8. The molecule has 1 saturated carbocycles. The highest BCUT2D eigenvalue weighted by Gasteiger charge is 2.50. The van der Waals surface area contributed by atoms with Gasteiger partial charge in [-0.3, -0.25) is 9.59 Å². The zero-order chi connectivity index (χ0) is 49.4. The van der Waals surface area contributed by atoms with Crippen LogP contribution in [0.25, 0.3) is 0 Å². The number of hydrogen-bond acceptors (Lipinski definition) is 23. The molecule has 67 heavy (non-hydrogen) atoms. The normalized spacial score (nSPS) is 39.3. The Kier molecular flexibility index (Phi) is 19.3. The average molecular weight is 961 g/mol. The maximum absolute atomic E-state index is 13.9. The molecule has 19 atom stereocenters. The van der Waals surface area contributed by atoms with E-state index in [2.05, 4.69) is 0 Å². The van der Waals surface area contributed by atoms with Gasteiger partial charge in [0.25, 0.3) is 0 Å². The highest BCUT2D eigenvalue weighted by Crippen LogP contribution is 2.44. The predicted octanol–water partition coefficient (Wildman–Crippen LogP) is -2.29. The van der Waals surface area contributed by atoms with E-state index in [0.717, 1.165) is 26.7 Å². The Bertz CT molecular complexity index is 1840. The minimum Gasteiger partial charge on any atom is -0.468 e. The van der Waals surface area contributed by atoms with E-state index in [1.165, 1.54) is 12.2 Å². The van der Waals surface area contributed by atoms with E-state index in [4.69, 9.17) is 47.4 Å². The number of carbonyl (C=O) groups is 4. The van der Waals surface area contributed by atoms with Crippen LogP contribution in [0.2, 0.25) is 0 Å². The Hall–Kier alpha value is -4.08. The summed E-state index contributed by atoms with van der Waals surface area (Å²) in [5.74, 6) is -6.83. The molecule has 378 valence electrons. The van der Waals surface area contributed by atoms with Gasteiger partial charge in [0.2, 0.25) is 12.6 Å². The molecule has 5 aliphatic rings. The first-order valence-corrected chi connectivity index (χ1v) is 22.0. The lowest BCUT2D eigenvalue weighted by atomic mass is 9.83. The Balaban J connectivity index is 1.27. The Morgan fingerprint density at radius 2 is 1.15 bits per heavy atom. The fourth-order valence-electron chi connectivity index (χ4n) is 9.19. The van der Waals surface area contributed by atoms with Crippen LogP contribution in [-0.2, 0) is 66.5 Å². The van der Waals surface area contributed by atoms with Gasteiger partial charge in [-0.05, 0) is 38.0 Å². The van der Waals surface area contributed by atoms with Gasteiger partial charge in [-0.25, -0.2) is 9.59 Å². The summed E-state index contributed by atoms with van der Waals surface area (Å²) in [6.07, 6.45) is -15.2. The quantitative estimate of drug-likeness (QED) is 0.0421. The third-order valence-corrected chi connectivity index (χ3v) is 13.3. The van der Waals surface area contributed by atoms with Crippen LogP contribution >= 0.6 is 0 Å². The lowest BCUT2D eigenvalue weighted by Crippen LogP contribution is -2.60. The molecule has 0 radical (unpaired) electrons. The number of rotatable bonds is 17. The summed E-state index contributed by atoms with van der Waals surface area (Å²) in [7, 11) is 2.27. The first kappa shape index (κ1) is 53.9. The number of aliphatic hydroxyl groups excluding tert-OH is 9. The average Bonchev–Trinajstić information content (AvgIpc) is 3.63. The van der Waals surface area contributed by atoms with Crippen LogP contribution < -0.4 is 0 Å². The number of ether oxygens (including phenoxy) is 10. The van der Waals surface area contributed by atoms with Crippen molar-refractivity contribution in [3.8, 4) is 0 Å². The van der Waals surface area contributed by atoms with Crippen LogP contribution in [0.4, 0.5) is 0 Å². The topological polar surface area (TPSA) is 343 Å². The summed E-state index contributed by atoms with van der Waals surface area (Å²) < 4.78 is 55.7. The Morgan fingerprint density at radius 3 is 1.55 bits per heavy atom. The molecule has 4 aliphatic heterocycles. The number of esters is 4. The maximum Gasteiger partial charge on any atom is 0.337 e. The maximum atomic E-state index is 13.9. The van der Waals surface area contributed by atoms with Crippen LogP contribution in [0.5, 0.6) is 0 Å². The first-order valence-electron chi connectivity index (χ1n) is 22.0. The van der Waals surface area contributed by atoms with E-state index in [1.807, 2.05) is 0 Å². The van der Waals surface area contributed by atoms with Crippen LogP contribution in [0.15, 0.2) is 47.0 Å². The van der Waals surface area contributed by atoms with Crippen LogP contribution in [-0.4, -0.2) is 191 Å². The number of aliphatic hydroxyl groups is 9. The molecular weight excluding hydrogens is 896 g/mol. The summed E-state index contributed by atoms with van der Waals surface area (Å²) >= 11 is 0. The zero-order valence-corrected chi connectivity index (χ0v) is 38.0. The number of hydrogen-bond donors (Lipinski definition) is 9. The number of allylic oxidation sites excluding steroid dienone is 2. The summed E-state index contributed by atoms with van der Waals surface area (Å²) in [6, 6.07) is 0. The second kappa shape index (κ2) is 24.0. The second-order valence-corrected chi connectivity index (χ2v) is 17.1. The predicted molar refractivity (Wildman–Crippen MR) is 221 cm³/mol. The SMILES string of the molecule is C/C=C1/[C@H](O[C@@H]2O[C@H](CO)[C@@H](O)[C@H](O)[C@H]2O)OC=C(C(=O)OC)[C@H]1CC(=O)OC[C@@H]1[C@H](C)[C@@H](OC(=O)C[C@@H]2C(C(=O)OC)=CO[C@@H](O[C@@H]3O[C@H](CO)[C@@H](O)[C@H](O)[C@H]3O)/C2=C/C)C[C@H]1C(C)CO. The van der Waals surface area contributed by atoms with Gasteiger partial charge in [-0.15, -0.1) is 0 Å². The third-order valence-electron chi connectivity index (χ3n) is 13.3. The van der Waals surface area contributed by atoms with Crippen molar-refractivity contribution in [2.75, 3.05) is 40.6 Å². The number of carbonyl (C=O) groups excluding carboxylic acids is 4. The lowest BCUT2D eigenvalue weighted by molar-refractivity contribution is -0.327. The van der Waals surface area contributed by atoms with Crippen molar-refractivity contribution in [3.05, 3.63) is 47.0 Å². The van der Waals surface area contributed by atoms with E-state index < -0.39 is 154 Å². The highest BCUT2D eigenvalue weighted by molar-refractivity contribution is 5.91. The molecule has 2 saturated heterocycles. The van der Waals surface area contributed by atoms with Gasteiger partial charge in [0.15, 0.2) is 12.6 Å². The molecule has 1 unspecified atom stereocenters. The molecule has 23 nitrogen and oxygen atoms in total. The molecule has 0 amide bonds. The van der Waals surface area contributed by atoms with Crippen molar-refractivity contribution < 1.29 is 113 Å². The van der Waals surface area contributed by atoms with Gasteiger partial charge in [0.05, 0.1) is 70.6 Å². The lowest BCUT2D eigenvalue weighted by Gasteiger charge is -2.42. The molecule has 0 bridgehead atoms. The standard InChI is InChI=1S/C44H64O23/c1-7-20-23(26(39(56)58-5)16-61-41(20)66-43-37(54)35(52)33(50)29(13-46)64-43)10-31(48)60-15-25-19(4)28(9-22(25)18(3)12-45)63-32(49)11-24-21(8-2)42(62-17-27(24)40(57)59-6)67-44-38(55)36(53)34(51)30(14-47)65-44/h7-8,16-19,22-25,28-30,33-38,41-47,50-55H,9-15H2,1-6H3/b20-7+,21-8+/t18?,19-,22-,23-,24-,25+,28-,29+,30+,33+,34+,35-,36-,37+,38+,41-,42-,43-,44-/m0/s1. The number of methoxy groups -OCH3 is 2. The van der Waals surface area contributed by atoms with Gasteiger partial charge in [0.1, 0.15) is 54.9 Å². The van der Waals surface area contributed by atoms with Gasteiger partial charge >= 0.3 is 23.9 Å². The molecule has 0 spiro atoms. The Morgan fingerprint density at radius 1 is 0.701 bits per heavy atom. The summed E-state index contributed by atoms with van der Waals surface area (Å²) in [6.45, 7) is 4.89. The molecule has 23 heteroatoms. The van der Waals surface area contributed by atoms with Crippen molar-refractivity contribution in [1.82, 2.24) is 0 Å². The summed E-state index contributed by atoms with van der Waals surface area (Å²) in [5.41, 5.74) is 0.291. The smallest absolute Gasteiger partial charge is 0.337 e. The minimum atomic E-state index is -1.78. The summed E-state index contributed by atoms with van der Waals surface area (Å²) in [5, 5.41) is 91.7. The molecule has 3 fully saturated rings. The third kappa shape index (κ3) is 11.9. The van der Waals surface area contributed by atoms with E-state index in [9.17, 15) is 65.1 Å². The van der Waals surface area contributed by atoms with Gasteiger partial charge in [-0.2, -0.15) is 0 Å².